The molecule has 0 aromatic rings. The topological polar surface area (TPSA) is 9.23 Å². The number of halogens is 1. The fourth-order valence-corrected chi connectivity index (χ4v) is 0.401. The van der Waals surface area contributed by atoms with Gasteiger partial charge in [-0.2, -0.15) is 0 Å². The lowest BCUT2D eigenvalue weighted by Crippen LogP contribution is -1.85. The summed E-state index contributed by atoms with van der Waals surface area (Å²) >= 11 is 3.18. The maximum absolute atomic E-state index is 4.64. The van der Waals surface area contributed by atoms with E-state index >= 15 is 0 Å². The molecule has 6 heavy (non-hydrogen) atoms. The van der Waals surface area contributed by atoms with E-state index in [2.05, 4.69) is 20.7 Å². The molecule has 0 spiro atoms. The van der Waals surface area contributed by atoms with E-state index < -0.39 is 0 Å². The molecule has 0 aliphatic rings. The van der Waals surface area contributed by atoms with Crippen molar-refractivity contribution >= 4 is 39.0 Å². The van der Waals surface area contributed by atoms with Crippen LogP contribution in [0.4, 0.5) is 0 Å². The third-order valence-corrected chi connectivity index (χ3v) is 0.605. The largest absolute Gasteiger partial charge is 0.384 e. The van der Waals surface area contributed by atoms with Crippen LogP contribution >= 0.6 is 15.9 Å². The summed E-state index contributed by atoms with van der Waals surface area (Å²) in [5.74, 6) is 0. The zero-order chi connectivity index (χ0) is 4.12. The molecule has 0 atom stereocenters. The van der Waals surface area contributed by atoms with Gasteiger partial charge in [0.25, 0.3) is 0 Å². The van der Waals surface area contributed by atoms with Gasteiger partial charge in [-0.3, -0.25) is 0 Å². The Morgan fingerprint density at radius 2 is 2.17 bits per heavy atom. The average molecular weight is 163 g/mol. The van der Waals surface area contributed by atoms with E-state index in [1.54, 1.807) is 7.11 Å². The lowest BCUT2D eigenvalue weighted by Gasteiger charge is -1.83. The molecule has 0 aromatic carbocycles. The second kappa shape index (κ2) is 9.51. The van der Waals surface area contributed by atoms with Gasteiger partial charge < -0.3 is 4.74 Å². The maximum Gasteiger partial charge on any atom is 0.0559 e. The minimum Gasteiger partial charge on any atom is -0.384 e. The van der Waals surface area contributed by atoms with Crippen molar-refractivity contribution in [1.82, 2.24) is 0 Å². The minimum atomic E-state index is 0. The number of hydrogen-bond donors (Lipinski definition) is 0. The summed E-state index contributed by atoms with van der Waals surface area (Å²) in [6, 6.07) is 0. The maximum atomic E-state index is 4.64. The summed E-state index contributed by atoms with van der Waals surface area (Å²) in [5.41, 5.74) is 0. The van der Waals surface area contributed by atoms with Crippen molar-refractivity contribution in [1.29, 1.82) is 0 Å². The van der Waals surface area contributed by atoms with E-state index in [-0.39, 0.29) is 23.1 Å². The number of rotatable bonds is 2. The fourth-order valence-electron chi connectivity index (χ4n) is 0.0772. The fraction of sp³-hybridized carbons (Fsp3) is 1.00. The van der Waals surface area contributed by atoms with E-state index in [1.807, 2.05) is 0 Å². The van der Waals surface area contributed by atoms with Gasteiger partial charge in [0.15, 0.2) is 0 Å². The Labute approximate surface area is 62.7 Å². The Kier molecular flexibility index (Phi) is 16.2. The first kappa shape index (κ1) is 10.2. The van der Waals surface area contributed by atoms with Crippen molar-refractivity contribution in [2.24, 2.45) is 0 Å². The number of methoxy groups -OCH3 is 1. The molecule has 0 saturated heterocycles. The lowest BCUT2D eigenvalue weighted by atomic mass is 10.9. The minimum absolute atomic E-state index is 0. The molecule has 3 heteroatoms. The molecular formula is C3H7BrMgO. The van der Waals surface area contributed by atoms with Crippen LogP contribution in [0.1, 0.15) is 0 Å². The summed E-state index contributed by atoms with van der Waals surface area (Å²) in [4.78, 5) is 0. The standard InChI is InChI=1S/C3H7BrO.Mg/c1-5-3-2-4;/h2-3H2,1H3;. The average Bonchev–Trinajstić information content (AvgIpc) is 1.41. The van der Waals surface area contributed by atoms with Crippen LogP contribution in [0.3, 0.4) is 0 Å². The molecule has 0 rings (SSSR count). The van der Waals surface area contributed by atoms with Gasteiger partial charge >= 0.3 is 0 Å². The molecule has 0 fully saturated rings. The molecular weight excluding hydrogens is 156 g/mol. The highest BCUT2D eigenvalue weighted by molar-refractivity contribution is 9.09. The molecule has 0 aliphatic carbocycles. The van der Waals surface area contributed by atoms with E-state index in [4.69, 9.17) is 0 Å². The van der Waals surface area contributed by atoms with Crippen LogP contribution in [0.2, 0.25) is 0 Å². The van der Waals surface area contributed by atoms with E-state index in [9.17, 15) is 0 Å². The molecule has 0 bridgehead atoms. The molecule has 0 heterocycles. The molecule has 2 radical (unpaired) electrons. The molecule has 0 amide bonds. The normalized spacial score (nSPS) is 7.00. The van der Waals surface area contributed by atoms with Gasteiger partial charge in [-0.1, -0.05) is 15.9 Å². The molecule has 0 saturated carbocycles. The third kappa shape index (κ3) is 8.96. The van der Waals surface area contributed by atoms with Gasteiger partial charge in [-0.15, -0.1) is 0 Å². The van der Waals surface area contributed by atoms with Crippen LogP contribution in [0.15, 0.2) is 0 Å². The first-order chi connectivity index (χ1) is 2.41. The highest BCUT2D eigenvalue weighted by Gasteiger charge is 1.68. The van der Waals surface area contributed by atoms with Gasteiger partial charge in [0.1, 0.15) is 0 Å². The van der Waals surface area contributed by atoms with Crippen LogP contribution in [-0.2, 0) is 4.74 Å². The van der Waals surface area contributed by atoms with Crippen LogP contribution in [0, 0.1) is 0 Å². The molecule has 0 N–H and O–H groups in total. The first-order valence-corrected chi connectivity index (χ1v) is 2.59. The predicted octanol–water partition coefficient (Wildman–Crippen LogP) is 0.647. The SMILES string of the molecule is COCCBr.[Mg]. The number of alkyl halides is 1. The predicted molar refractivity (Wildman–Crippen MR) is 31.4 cm³/mol. The van der Waals surface area contributed by atoms with Crippen LogP contribution in [-0.4, -0.2) is 42.1 Å². The zero-order valence-corrected chi connectivity index (χ0v) is 6.91. The highest BCUT2D eigenvalue weighted by atomic mass is 79.9. The molecule has 34 valence electrons. The van der Waals surface area contributed by atoms with Crippen molar-refractivity contribution in [2.75, 3.05) is 19.0 Å². The second-order valence-corrected chi connectivity index (χ2v) is 1.47. The Morgan fingerprint density at radius 3 is 2.17 bits per heavy atom. The molecule has 0 aromatic heterocycles. The van der Waals surface area contributed by atoms with Crippen LogP contribution < -0.4 is 0 Å². The Balaban J connectivity index is 0. The van der Waals surface area contributed by atoms with Gasteiger partial charge in [-0.05, 0) is 0 Å². The molecule has 0 unspecified atom stereocenters. The monoisotopic (exact) mass is 162 g/mol. The summed E-state index contributed by atoms with van der Waals surface area (Å²) in [5, 5.41) is 0.934. The van der Waals surface area contributed by atoms with Crippen molar-refractivity contribution in [3.63, 3.8) is 0 Å². The third-order valence-electron chi connectivity index (χ3n) is 0.281. The summed E-state index contributed by atoms with van der Waals surface area (Å²) < 4.78 is 4.64. The van der Waals surface area contributed by atoms with Gasteiger partial charge in [0.2, 0.25) is 0 Å². The van der Waals surface area contributed by atoms with Crippen molar-refractivity contribution in [3.05, 3.63) is 0 Å². The van der Waals surface area contributed by atoms with E-state index in [0.717, 1.165) is 11.9 Å². The summed E-state index contributed by atoms with van der Waals surface area (Å²) in [7, 11) is 1.68. The van der Waals surface area contributed by atoms with E-state index in [0.29, 0.717) is 0 Å². The number of ether oxygens (including phenoxy) is 1. The summed E-state index contributed by atoms with van der Waals surface area (Å²) in [6.07, 6.45) is 0. The smallest absolute Gasteiger partial charge is 0.0559 e. The van der Waals surface area contributed by atoms with Gasteiger partial charge in [0.05, 0.1) is 6.61 Å². The van der Waals surface area contributed by atoms with Crippen molar-refractivity contribution < 1.29 is 4.74 Å². The molecule has 0 aliphatic heterocycles. The zero-order valence-electron chi connectivity index (χ0n) is 3.91. The molecule has 1 nitrogen and oxygen atoms in total. The Hall–Kier alpha value is 1.21. The first-order valence-electron chi connectivity index (χ1n) is 1.46. The quantitative estimate of drug-likeness (QED) is 0.429. The van der Waals surface area contributed by atoms with Crippen LogP contribution in [0.25, 0.3) is 0 Å². The Bertz CT molecular complexity index is 18.3. The van der Waals surface area contributed by atoms with Crippen molar-refractivity contribution in [3.8, 4) is 0 Å². The van der Waals surface area contributed by atoms with E-state index in [1.165, 1.54) is 0 Å². The van der Waals surface area contributed by atoms with Crippen molar-refractivity contribution in [2.45, 2.75) is 0 Å². The van der Waals surface area contributed by atoms with Gasteiger partial charge in [0, 0.05) is 35.5 Å². The lowest BCUT2D eigenvalue weighted by molar-refractivity contribution is 0.219. The Morgan fingerprint density at radius 1 is 1.67 bits per heavy atom. The highest BCUT2D eigenvalue weighted by Crippen LogP contribution is 1.75. The second-order valence-electron chi connectivity index (χ2n) is 0.682. The number of hydrogen-bond acceptors (Lipinski definition) is 1. The summed E-state index contributed by atoms with van der Waals surface area (Å²) in [6.45, 7) is 0.806. The van der Waals surface area contributed by atoms with Crippen LogP contribution in [0.5, 0.6) is 0 Å². The van der Waals surface area contributed by atoms with Gasteiger partial charge in [-0.25, -0.2) is 0 Å².